The van der Waals surface area contributed by atoms with Crippen LogP contribution in [0.25, 0.3) is 0 Å². The maximum Gasteiger partial charge on any atom is 0.239 e. The zero-order valence-electron chi connectivity index (χ0n) is 14.0. The molecule has 3 fully saturated rings. The Balaban J connectivity index is 0.00000192. The van der Waals surface area contributed by atoms with Crippen molar-refractivity contribution in [2.75, 3.05) is 0 Å². The quantitative estimate of drug-likeness (QED) is 0.783. The molecule has 4 heteroatoms. The summed E-state index contributed by atoms with van der Waals surface area (Å²) in [5.41, 5.74) is 0. The highest BCUT2D eigenvalue weighted by Crippen LogP contribution is 2.39. The molecule has 2 aliphatic carbocycles. The number of carbonyl (C=O) groups excluding carboxylic acids is 1. The zero-order chi connectivity index (χ0) is 15.5. The van der Waals surface area contributed by atoms with Crippen molar-refractivity contribution in [1.29, 1.82) is 0 Å². The van der Waals surface area contributed by atoms with E-state index >= 15 is 0 Å². The largest absolute Gasteiger partial charge is 0.304 e. The summed E-state index contributed by atoms with van der Waals surface area (Å²) in [5.74, 6) is 2.28. The number of nitrogens with one attached hydrogen (secondary N) is 1. The minimum absolute atomic E-state index is 0. The van der Waals surface area contributed by atoms with Crippen molar-refractivity contribution >= 4 is 22.8 Å². The molecule has 4 atom stereocenters. The van der Waals surface area contributed by atoms with Gasteiger partial charge in [-0.2, -0.15) is 0 Å². The van der Waals surface area contributed by atoms with Gasteiger partial charge in [0, 0.05) is 0 Å². The molecule has 0 bridgehead atoms. The Labute approximate surface area is 146 Å². The molecule has 1 aliphatic heterocycles. The number of nitrogens with zero attached hydrogens (tertiary/aromatic N) is 1. The van der Waals surface area contributed by atoms with E-state index in [1.807, 2.05) is 0 Å². The predicted molar refractivity (Wildman–Crippen MR) is 101 cm³/mol. The molecule has 0 spiro atoms. The van der Waals surface area contributed by atoms with Gasteiger partial charge in [-0.25, -0.2) is 0 Å². The van der Waals surface area contributed by atoms with Crippen LogP contribution in [0.5, 0.6) is 0 Å². The summed E-state index contributed by atoms with van der Waals surface area (Å²) in [5, 5.41) is 4.11. The van der Waals surface area contributed by atoms with Gasteiger partial charge in [0.25, 0.3) is 0 Å². The first-order chi connectivity index (χ1) is 10.7. The average molecular weight is 339 g/mol. The van der Waals surface area contributed by atoms with E-state index in [1.54, 1.807) is 11.8 Å². The molecule has 0 radical (unpaired) electrons. The summed E-state index contributed by atoms with van der Waals surface area (Å²) in [7, 11) is 0. The molecule has 3 nitrogen and oxygen atoms in total. The summed E-state index contributed by atoms with van der Waals surface area (Å²) in [4.78, 5) is 17.2. The van der Waals surface area contributed by atoms with E-state index in [-0.39, 0.29) is 18.6 Å². The summed E-state index contributed by atoms with van der Waals surface area (Å²) in [6.45, 7) is 4.59. The summed E-state index contributed by atoms with van der Waals surface area (Å²) in [6, 6.07) is 0.421. The van der Waals surface area contributed by atoms with E-state index in [2.05, 4.69) is 19.2 Å². The molecule has 2 saturated carbocycles. The molecule has 1 saturated heterocycles. The smallest absolute Gasteiger partial charge is 0.239 e. The summed E-state index contributed by atoms with van der Waals surface area (Å²) >= 11 is 1.72. The summed E-state index contributed by atoms with van der Waals surface area (Å²) in [6.07, 6.45) is 11.5. The van der Waals surface area contributed by atoms with Crippen molar-refractivity contribution in [3.63, 3.8) is 0 Å². The topological polar surface area (TPSA) is 41.5 Å². The third-order valence-corrected chi connectivity index (χ3v) is 7.01. The number of aliphatic imine (C=N–C) groups is 1. The van der Waals surface area contributed by atoms with Gasteiger partial charge in [0.2, 0.25) is 5.91 Å². The summed E-state index contributed by atoms with van der Waals surface area (Å²) < 4.78 is 0. The van der Waals surface area contributed by atoms with Crippen LogP contribution in [-0.4, -0.2) is 22.4 Å². The Kier molecular flexibility index (Phi) is 7.00. The van der Waals surface area contributed by atoms with Crippen LogP contribution in [0.3, 0.4) is 0 Å². The molecular weight excluding hydrogens is 304 g/mol. The van der Waals surface area contributed by atoms with Crippen molar-refractivity contribution in [3.05, 3.63) is 0 Å². The monoisotopic (exact) mass is 338 g/mol. The third-order valence-electron chi connectivity index (χ3n) is 5.72. The Morgan fingerprint density at radius 1 is 1.22 bits per heavy atom. The van der Waals surface area contributed by atoms with E-state index < -0.39 is 0 Å². The third kappa shape index (κ3) is 4.52. The second-order valence-electron chi connectivity index (χ2n) is 7.53. The molecule has 4 unspecified atom stereocenters. The minimum atomic E-state index is 0. The van der Waals surface area contributed by atoms with Crippen molar-refractivity contribution < 1.29 is 4.79 Å². The van der Waals surface area contributed by atoms with Crippen molar-refractivity contribution in [3.8, 4) is 0 Å². The molecule has 3 aliphatic rings. The molecule has 1 N–H and O–H groups in total. The molecule has 132 valence electrons. The van der Waals surface area contributed by atoms with E-state index in [4.69, 9.17) is 4.99 Å². The van der Waals surface area contributed by atoms with E-state index in [1.165, 1.54) is 57.8 Å². The Morgan fingerprint density at radius 2 is 1.96 bits per heavy atom. The number of amidine groups is 1. The van der Waals surface area contributed by atoms with Gasteiger partial charge in [0.1, 0.15) is 0 Å². The van der Waals surface area contributed by atoms with Crippen LogP contribution in [0.2, 0.25) is 0 Å². The van der Waals surface area contributed by atoms with Crippen LogP contribution in [0.4, 0.5) is 0 Å². The van der Waals surface area contributed by atoms with Gasteiger partial charge in [-0.1, -0.05) is 65.1 Å². The lowest BCUT2D eigenvalue weighted by Crippen LogP contribution is -2.31. The first-order valence-electron chi connectivity index (χ1n) is 9.22. The second kappa shape index (κ2) is 8.55. The van der Waals surface area contributed by atoms with Crippen LogP contribution >= 0.6 is 11.8 Å². The standard InChI is InChI=1S/C18H30N2OS.CH4/c1-3-7-13-10-12(2)15(11-13)19-18-20-17(21)16(22-18)14-8-5-4-6-9-14;/h12-16H,3-11H2,1-2H3,(H,19,20,21);1H4. The van der Waals surface area contributed by atoms with Gasteiger partial charge >= 0.3 is 0 Å². The van der Waals surface area contributed by atoms with Gasteiger partial charge in [0.05, 0.1) is 11.3 Å². The molecule has 0 aromatic heterocycles. The number of thioether (sulfide) groups is 1. The number of rotatable bonds is 4. The second-order valence-corrected chi connectivity index (χ2v) is 8.66. The van der Waals surface area contributed by atoms with E-state index in [0.717, 1.165) is 11.1 Å². The van der Waals surface area contributed by atoms with Crippen LogP contribution in [0, 0.1) is 17.8 Å². The number of hydrogen-bond donors (Lipinski definition) is 1. The normalized spacial score (nSPS) is 37.0. The average Bonchev–Trinajstić information content (AvgIpc) is 3.04. The fourth-order valence-electron chi connectivity index (χ4n) is 4.52. The molecule has 1 amide bonds. The predicted octanol–water partition coefficient (Wildman–Crippen LogP) is 5.01. The Bertz CT molecular complexity index is 431. The Hall–Kier alpha value is -0.510. The van der Waals surface area contributed by atoms with Crippen molar-refractivity contribution in [2.45, 2.75) is 90.4 Å². The molecule has 23 heavy (non-hydrogen) atoms. The van der Waals surface area contributed by atoms with Crippen LogP contribution in [0.1, 0.15) is 79.1 Å². The van der Waals surface area contributed by atoms with Crippen LogP contribution in [0.15, 0.2) is 4.99 Å². The van der Waals surface area contributed by atoms with E-state index in [9.17, 15) is 4.79 Å². The maximum absolute atomic E-state index is 12.3. The van der Waals surface area contributed by atoms with E-state index in [0.29, 0.717) is 17.9 Å². The molecular formula is C19H34N2OS. The molecule has 3 rings (SSSR count). The lowest BCUT2D eigenvalue weighted by atomic mass is 9.86. The van der Waals surface area contributed by atoms with Gasteiger partial charge < -0.3 is 5.32 Å². The van der Waals surface area contributed by atoms with Gasteiger partial charge in [-0.3, -0.25) is 9.79 Å². The van der Waals surface area contributed by atoms with Crippen LogP contribution in [-0.2, 0) is 4.79 Å². The molecule has 0 aromatic rings. The highest BCUT2D eigenvalue weighted by molar-refractivity contribution is 8.15. The van der Waals surface area contributed by atoms with Gasteiger partial charge in [0.15, 0.2) is 5.17 Å². The minimum Gasteiger partial charge on any atom is -0.304 e. The first-order valence-corrected chi connectivity index (χ1v) is 10.1. The lowest BCUT2D eigenvalue weighted by molar-refractivity contribution is -0.119. The number of hydrogen-bond acceptors (Lipinski definition) is 3. The number of carbonyl (C=O) groups is 1. The number of amides is 1. The Morgan fingerprint density at radius 3 is 2.65 bits per heavy atom. The fourth-order valence-corrected chi connectivity index (χ4v) is 5.74. The highest BCUT2D eigenvalue weighted by atomic mass is 32.2. The van der Waals surface area contributed by atoms with Gasteiger partial charge in [-0.15, -0.1) is 0 Å². The van der Waals surface area contributed by atoms with Crippen molar-refractivity contribution in [1.82, 2.24) is 5.32 Å². The highest BCUT2D eigenvalue weighted by Gasteiger charge is 2.38. The lowest BCUT2D eigenvalue weighted by Gasteiger charge is -2.24. The molecule has 0 aromatic carbocycles. The SMILES string of the molecule is C.CCCC1CC(C)C(N=C2NC(=O)C(C3CCCCC3)S2)C1. The maximum atomic E-state index is 12.3. The van der Waals surface area contributed by atoms with Gasteiger partial charge in [-0.05, 0) is 43.4 Å². The first kappa shape index (κ1) is 18.8. The van der Waals surface area contributed by atoms with Crippen molar-refractivity contribution in [2.24, 2.45) is 22.7 Å². The molecule has 1 heterocycles. The fraction of sp³-hybridized carbons (Fsp3) is 0.895. The zero-order valence-corrected chi connectivity index (χ0v) is 14.8. The van der Waals surface area contributed by atoms with Crippen LogP contribution < -0.4 is 5.32 Å².